The van der Waals surface area contributed by atoms with E-state index in [0.29, 0.717) is 12.8 Å². The number of carbonyl (C=O) groups is 1. The second-order valence-corrected chi connectivity index (χ2v) is 3.07. The molecule has 0 aromatic heterocycles. The molecule has 0 amide bonds. The topological polar surface area (TPSA) is 17.1 Å². The van der Waals surface area contributed by atoms with E-state index in [2.05, 4.69) is 0 Å². The lowest BCUT2D eigenvalue weighted by atomic mass is 10.1. The Morgan fingerprint density at radius 1 is 1.31 bits per heavy atom. The lowest BCUT2D eigenvalue weighted by Crippen LogP contribution is -2.00. The summed E-state index contributed by atoms with van der Waals surface area (Å²) in [6.07, 6.45) is 1.06. The lowest BCUT2D eigenvalue weighted by Gasteiger charge is -1.98. The summed E-state index contributed by atoms with van der Waals surface area (Å²) in [5.41, 5.74) is 0.958. The normalized spacial score (nSPS) is 10.0. The van der Waals surface area contributed by atoms with Crippen LogP contribution in [0.25, 0.3) is 0 Å². The molecule has 70 valence electrons. The van der Waals surface area contributed by atoms with Crippen LogP contribution in [-0.2, 0) is 11.2 Å². The highest BCUT2D eigenvalue weighted by Gasteiger charge is 2.00. The largest absolute Gasteiger partial charge is 0.298 e. The molecule has 0 saturated carbocycles. The Bertz CT molecular complexity index is 281. The predicted octanol–water partition coefficient (Wildman–Crippen LogP) is 2.57. The minimum absolute atomic E-state index is 0.0194. The van der Waals surface area contributed by atoms with Crippen LogP contribution in [0.3, 0.4) is 0 Å². The first-order valence-corrected chi connectivity index (χ1v) is 4.58. The fourth-order valence-corrected chi connectivity index (χ4v) is 1.14. The molecule has 1 nitrogen and oxygen atoms in total. The lowest BCUT2D eigenvalue weighted by molar-refractivity contribution is -0.116. The van der Waals surface area contributed by atoms with Crippen LogP contribution in [0.1, 0.15) is 12.0 Å². The zero-order chi connectivity index (χ0) is 9.68. The van der Waals surface area contributed by atoms with Gasteiger partial charge in [-0.05, 0) is 24.1 Å². The molecule has 0 unspecified atom stereocenters. The molecular formula is C10H10ClFO. The molecule has 13 heavy (non-hydrogen) atoms. The molecule has 0 aliphatic rings. The van der Waals surface area contributed by atoms with Gasteiger partial charge in [-0.15, -0.1) is 11.6 Å². The van der Waals surface area contributed by atoms with Gasteiger partial charge in [0.15, 0.2) is 0 Å². The Labute approximate surface area is 81.5 Å². The molecule has 0 atom stereocenters. The Morgan fingerprint density at radius 3 is 2.46 bits per heavy atom. The van der Waals surface area contributed by atoms with E-state index in [-0.39, 0.29) is 17.5 Å². The quantitative estimate of drug-likeness (QED) is 0.683. The average molecular weight is 201 g/mol. The molecule has 0 saturated heterocycles. The molecule has 1 rings (SSSR count). The minimum Gasteiger partial charge on any atom is -0.298 e. The smallest absolute Gasteiger partial charge is 0.147 e. The van der Waals surface area contributed by atoms with Crippen molar-refractivity contribution in [2.45, 2.75) is 12.8 Å². The van der Waals surface area contributed by atoms with Gasteiger partial charge in [0.2, 0.25) is 0 Å². The second-order valence-electron chi connectivity index (χ2n) is 2.80. The van der Waals surface area contributed by atoms with Crippen molar-refractivity contribution in [2.75, 3.05) is 5.88 Å². The molecule has 0 aliphatic carbocycles. The van der Waals surface area contributed by atoms with Gasteiger partial charge in [0.05, 0.1) is 5.88 Å². The number of hydrogen-bond donors (Lipinski definition) is 0. The van der Waals surface area contributed by atoms with Gasteiger partial charge in [-0.1, -0.05) is 12.1 Å². The van der Waals surface area contributed by atoms with Gasteiger partial charge in [0.1, 0.15) is 11.6 Å². The van der Waals surface area contributed by atoms with Crippen molar-refractivity contribution in [3.63, 3.8) is 0 Å². The third-order valence-corrected chi connectivity index (χ3v) is 2.05. The minimum atomic E-state index is -0.257. The fourth-order valence-electron chi connectivity index (χ4n) is 1.00. The third kappa shape index (κ3) is 3.55. The predicted molar refractivity (Wildman–Crippen MR) is 50.4 cm³/mol. The summed E-state index contributed by atoms with van der Waals surface area (Å²) in [6, 6.07) is 6.13. The molecule has 0 spiro atoms. The fraction of sp³-hybridized carbons (Fsp3) is 0.300. The van der Waals surface area contributed by atoms with Gasteiger partial charge < -0.3 is 0 Å². The summed E-state index contributed by atoms with van der Waals surface area (Å²) < 4.78 is 12.5. The molecule has 0 bridgehead atoms. The first kappa shape index (κ1) is 10.2. The first-order valence-electron chi connectivity index (χ1n) is 4.04. The SMILES string of the molecule is O=C(CCl)CCc1ccc(F)cc1. The van der Waals surface area contributed by atoms with Gasteiger partial charge in [0.25, 0.3) is 0 Å². The molecule has 1 aromatic carbocycles. The average Bonchev–Trinajstić information content (AvgIpc) is 2.16. The van der Waals surface area contributed by atoms with Gasteiger partial charge in [-0.3, -0.25) is 4.79 Å². The van der Waals surface area contributed by atoms with Crippen molar-refractivity contribution < 1.29 is 9.18 Å². The zero-order valence-electron chi connectivity index (χ0n) is 7.09. The van der Waals surface area contributed by atoms with Crippen LogP contribution < -0.4 is 0 Å². The van der Waals surface area contributed by atoms with Gasteiger partial charge in [-0.25, -0.2) is 4.39 Å². The third-order valence-electron chi connectivity index (χ3n) is 1.75. The van der Waals surface area contributed by atoms with Crippen molar-refractivity contribution >= 4 is 17.4 Å². The number of benzene rings is 1. The number of aryl methyl sites for hydroxylation is 1. The maximum atomic E-state index is 12.5. The Morgan fingerprint density at radius 2 is 1.92 bits per heavy atom. The molecular weight excluding hydrogens is 191 g/mol. The van der Waals surface area contributed by atoms with Crippen molar-refractivity contribution in [3.8, 4) is 0 Å². The summed E-state index contributed by atoms with van der Waals surface area (Å²) in [5.74, 6) is -0.181. The van der Waals surface area contributed by atoms with Crippen LogP contribution in [0, 0.1) is 5.82 Å². The van der Waals surface area contributed by atoms with E-state index < -0.39 is 0 Å². The molecule has 0 heterocycles. The monoisotopic (exact) mass is 200 g/mol. The van der Waals surface area contributed by atoms with Crippen LogP contribution in [0.2, 0.25) is 0 Å². The van der Waals surface area contributed by atoms with Crippen LogP contribution >= 0.6 is 11.6 Å². The Kier molecular flexibility index (Phi) is 3.90. The number of ketones is 1. The Hall–Kier alpha value is -0.890. The molecule has 0 radical (unpaired) electrons. The summed E-state index contributed by atoms with van der Waals surface area (Å²) in [7, 11) is 0. The molecule has 0 N–H and O–H groups in total. The van der Waals surface area contributed by atoms with Crippen LogP contribution in [-0.4, -0.2) is 11.7 Å². The van der Waals surface area contributed by atoms with E-state index in [1.807, 2.05) is 0 Å². The van der Waals surface area contributed by atoms with Crippen molar-refractivity contribution in [3.05, 3.63) is 35.6 Å². The summed E-state index contributed by atoms with van der Waals surface area (Å²) in [4.78, 5) is 10.8. The second kappa shape index (κ2) is 4.97. The molecule has 0 fully saturated rings. The number of hydrogen-bond acceptors (Lipinski definition) is 1. The van der Waals surface area contributed by atoms with E-state index >= 15 is 0 Å². The van der Waals surface area contributed by atoms with Crippen molar-refractivity contribution in [1.29, 1.82) is 0 Å². The Balaban J connectivity index is 2.46. The highest BCUT2D eigenvalue weighted by Crippen LogP contribution is 2.05. The van der Waals surface area contributed by atoms with E-state index in [1.165, 1.54) is 12.1 Å². The van der Waals surface area contributed by atoms with Crippen LogP contribution in [0.5, 0.6) is 0 Å². The number of alkyl halides is 1. The number of halogens is 2. The van der Waals surface area contributed by atoms with Crippen molar-refractivity contribution in [2.24, 2.45) is 0 Å². The van der Waals surface area contributed by atoms with E-state index in [9.17, 15) is 9.18 Å². The highest BCUT2D eigenvalue weighted by molar-refractivity contribution is 6.27. The summed E-state index contributed by atoms with van der Waals surface area (Å²) in [6.45, 7) is 0. The number of Topliss-reactive ketones (excluding diaryl/α,β-unsaturated/α-hetero) is 1. The zero-order valence-corrected chi connectivity index (χ0v) is 7.85. The van der Waals surface area contributed by atoms with Crippen molar-refractivity contribution in [1.82, 2.24) is 0 Å². The number of carbonyl (C=O) groups excluding carboxylic acids is 1. The van der Waals surface area contributed by atoms with Crippen LogP contribution in [0.15, 0.2) is 24.3 Å². The maximum Gasteiger partial charge on any atom is 0.147 e. The highest BCUT2D eigenvalue weighted by atomic mass is 35.5. The van der Waals surface area contributed by atoms with E-state index in [0.717, 1.165) is 5.56 Å². The number of rotatable bonds is 4. The standard InChI is InChI=1S/C10H10ClFO/c11-7-10(13)6-3-8-1-4-9(12)5-2-8/h1-2,4-5H,3,6-7H2. The molecule has 1 aromatic rings. The summed E-state index contributed by atoms with van der Waals surface area (Å²) in [5, 5.41) is 0. The molecule has 3 heteroatoms. The van der Waals surface area contributed by atoms with Gasteiger partial charge in [0, 0.05) is 6.42 Å². The molecule has 0 aliphatic heterocycles. The van der Waals surface area contributed by atoms with E-state index in [4.69, 9.17) is 11.6 Å². The van der Waals surface area contributed by atoms with Gasteiger partial charge in [-0.2, -0.15) is 0 Å². The maximum absolute atomic E-state index is 12.5. The van der Waals surface area contributed by atoms with E-state index in [1.54, 1.807) is 12.1 Å². The first-order chi connectivity index (χ1) is 6.22. The summed E-state index contributed by atoms with van der Waals surface area (Å²) >= 11 is 5.33. The van der Waals surface area contributed by atoms with Crippen LogP contribution in [0.4, 0.5) is 4.39 Å². The van der Waals surface area contributed by atoms with Gasteiger partial charge >= 0.3 is 0 Å².